The standard InChI is InChI=1S/C15H17BrClN3O2/c1-19(11-4-2-3-10(17)13(11)16)14(22)20-8-7-15(9-20)6-5-12(21)18-15/h2-4H,5-9H2,1H3,(H,18,21). The van der Waals surface area contributed by atoms with Crippen molar-refractivity contribution in [3.8, 4) is 0 Å². The highest BCUT2D eigenvalue weighted by atomic mass is 79.9. The van der Waals surface area contributed by atoms with Crippen LogP contribution < -0.4 is 10.2 Å². The molecule has 2 saturated heterocycles. The van der Waals surface area contributed by atoms with Gasteiger partial charge >= 0.3 is 6.03 Å². The second-order valence-corrected chi connectivity index (χ2v) is 7.11. The van der Waals surface area contributed by atoms with E-state index >= 15 is 0 Å². The molecular weight excluding hydrogens is 370 g/mol. The smallest absolute Gasteiger partial charge is 0.324 e. The van der Waals surface area contributed by atoms with Crippen molar-refractivity contribution in [1.29, 1.82) is 0 Å². The van der Waals surface area contributed by atoms with Gasteiger partial charge < -0.3 is 10.2 Å². The van der Waals surface area contributed by atoms with Gasteiger partial charge in [0.15, 0.2) is 0 Å². The number of carbonyl (C=O) groups excluding carboxylic acids is 2. The fourth-order valence-electron chi connectivity index (χ4n) is 3.18. The van der Waals surface area contributed by atoms with Gasteiger partial charge in [-0.1, -0.05) is 17.7 Å². The third-order valence-electron chi connectivity index (χ3n) is 4.44. The number of amides is 3. The van der Waals surface area contributed by atoms with Crippen LogP contribution in [0, 0.1) is 0 Å². The Labute approximate surface area is 142 Å². The lowest BCUT2D eigenvalue weighted by atomic mass is 9.97. The largest absolute Gasteiger partial charge is 0.349 e. The fraction of sp³-hybridized carbons (Fsp3) is 0.467. The van der Waals surface area contributed by atoms with Gasteiger partial charge in [0.2, 0.25) is 5.91 Å². The van der Waals surface area contributed by atoms with E-state index in [0.717, 1.165) is 18.5 Å². The third-order valence-corrected chi connectivity index (χ3v) is 5.82. The lowest BCUT2D eigenvalue weighted by molar-refractivity contribution is -0.119. The number of anilines is 1. The number of nitrogens with zero attached hydrogens (tertiary/aromatic N) is 2. The number of hydrogen-bond donors (Lipinski definition) is 1. The first-order chi connectivity index (χ1) is 10.4. The predicted molar refractivity (Wildman–Crippen MR) is 89.2 cm³/mol. The first-order valence-electron chi connectivity index (χ1n) is 7.19. The second kappa shape index (κ2) is 5.74. The fourth-order valence-corrected chi connectivity index (χ4v) is 3.88. The lowest BCUT2D eigenvalue weighted by Gasteiger charge is -2.28. The van der Waals surface area contributed by atoms with Crippen molar-refractivity contribution in [2.24, 2.45) is 0 Å². The number of carbonyl (C=O) groups is 2. The topological polar surface area (TPSA) is 52.7 Å². The average molecular weight is 387 g/mol. The molecule has 1 spiro atoms. The predicted octanol–water partition coefficient (Wildman–Crippen LogP) is 3.01. The Kier molecular flexibility index (Phi) is 4.07. The van der Waals surface area contributed by atoms with Crippen LogP contribution in [0.3, 0.4) is 0 Å². The normalized spacial score (nSPS) is 24.0. The van der Waals surface area contributed by atoms with Gasteiger partial charge in [-0.3, -0.25) is 9.69 Å². The molecule has 2 heterocycles. The van der Waals surface area contributed by atoms with Crippen LogP contribution in [0.25, 0.3) is 0 Å². The van der Waals surface area contributed by atoms with E-state index in [4.69, 9.17) is 11.6 Å². The van der Waals surface area contributed by atoms with Gasteiger partial charge in [0.25, 0.3) is 0 Å². The van der Waals surface area contributed by atoms with Gasteiger partial charge in [-0.05, 0) is 40.9 Å². The number of hydrogen-bond acceptors (Lipinski definition) is 2. The molecule has 0 aromatic heterocycles. The monoisotopic (exact) mass is 385 g/mol. The molecule has 5 nitrogen and oxygen atoms in total. The zero-order valence-corrected chi connectivity index (χ0v) is 14.6. The van der Waals surface area contributed by atoms with E-state index in [9.17, 15) is 9.59 Å². The van der Waals surface area contributed by atoms with Crippen LogP contribution in [0.15, 0.2) is 22.7 Å². The molecule has 3 rings (SSSR count). The van der Waals surface area contributed by atoms with Gasteiger partial charge in [0.05, 0.1) is 20.7 Å². The number of nitrogens with one attached hydrogen (secondary N) is 1. The van der Waals surface area contributed by atoms with E-state index in [0.29, 0.717) is 29.0 Å². The SMILES string of the molecule is CN(C(=O)N1CCC2(CCC(=O)N2)C1)c1cccc(Cl)c1Br. The Bertz CT molecular complexity index is 639. The molecule has 1 unspecified atom stereocenters. The molecule has 1 aromatic carbocycles. The minimum atomic E-state index is -0.223. The zero-order valence-electron chi connectivity index (χ0n) is 12.2. The van der Waals surface area contributed by atoms with E-state index in [1.807, 2.05) is 12.1 Å². The van der Waals surface area contributed by atoms with Crippen molar-refractivity contribution < 1.29 is 9.59 Å². The van der Waals surface area contributed by atoms with E-state index in [1.54, 1.807) is 22.9 Å². The van der Waals surface area contributed by atoms with E-state index in [-0.39, 0.29) is 17.5 Å². The van der Waals surface area contributed by atoms with Crippen LogP contribution in [-0.2, 0) is 4.79 Å². The van der Waals surface area contributed by atoms with Crippen molar-refractivity contribution >= 4 is 45.2 Å². The highest BCUT2D eigenvalue weighted by molar-refractivity contribution is 9.10. The minimum absolute atomic E-state index is 0.0824. The van der Waals surface area contributed by atoms with Gasteiger partial charge in [0, 0.05) is 26.6 Å². The Morgan fingerprint density at radius 2 is 2.23 bits per heavy atom. The van der Waals surface area contributed by atoms with Crippen molar-refractivity contribution in [3.05, 3.63) is 27.7 Å². The molecule has 22 heavy (non-hydrogen) atoms. The van der Waals surface area contributed by atoms with Gasteiger partial charge in [-0.15, -0.1) is 0 Å². The van der Waals surface area contributed by atoms with Crippen molar-refractivity contribution in [1.82, 2.24) is 10.2 Å². The number of rotatable bonds is 1. The molecule has 0 radical (unpaired) electrons. The Hall–Kier alpha value is -1.27. The van der Waals surface area contributed by atoms with E-state index in [2.05, 4.69) is 21.2 Å². The second-order valence-electron chi connectivity index (χ2n) is 5.91. The lowest BCUT2D eigenvalue weighted by Crippen LogP contribution is -2.47. The Morgan fingerprint density at radius 3 is 2.91 bits per heavy atom. The number of benzene rings is 1. The quantitative estimate of drug-likeness (QED) is 0.806. The van der Waals surface area contributed by atoms with Crippen molar-refractivity contribution in [2.45, 2.75) is 24.8 Å². The summed E-state index contributed by atoms with van der Waals surface area (Å²) in [4.78, 5) is 27.6. The van der Waals surface area contributed by atoms with Crippen molar-refractivity contribution in [3.63, 3.8) is 0 Å². The molecule has 2 fully saturated rings. The molecule has 0 saturated carbocycles. The first-order valence-corrected chi connectivity index (χ1v) is 8.37. The first kappa shape index (κ1) is 15.6. The number of likely N-dealkylation sites (tertiary alicyclic amines) is 1. The summed E-state index contributed by atoms with van der Waals surface area (Å²) in [6.45, 7) is 1.22. The number of halogens is 2. The molecule has 0 bridgehead atoms. The van der Waals surface area contributed by atoms with Crippen LogP contribution >= 0.6 is 27.5 Å². The summed E-state index contributed by atoms with van der Waals surface area (Å²) < 4.78 is 0.704. The molecule has 1 aromatic rings. The minimum Gasteiger partial charge on any atom is -0.349 e. The highest BCUT2D eigenvalue weighted by Gasteiger charge is 2.45. The zero-order chi connectivity index (χ0) is 15.9. The van der Waals surface area contributed by atoms with Crippen LogP contribution in [0.1, 0.15) is 19.3 Å². The summed E-state index contributed by atoms with van der Waals surface area (Å²) in [5.41, 5.74) is 0.507. The maximum Gasteiger partial charge on any atom is 0.324 e. The maximum atomic E-state index is 12.7. The van der Waals surface area contributed by atoms with Crippen LogP contribution in [0.5, 0.6) is 0 Å². The van der Waals surface area contributed by atoms with E-state index < -0.39 is 0 Å². The molecular formula is C15H17BrClN3O2. The Morgan fingerprint density at radius 1 is 1.45 bits per heavy atom. The van der Waals surface area contributed by atoms with Gasteiger partial charge in [-0.25, -0.2) is 4.79 Å². The summed E-state index contributed by atoms with van der Waals surface area (Å²) in [6.07, 6.45) is 2.17. The summed E-state index contributed by atoms with van der Waals surface area (Å²) in [5.74, 6) is 0.0836. The maximum absolute atomic E-state index is 12.7. The summed E-state index contributed by atoms with van der Waals surface area (Å²) in [6, 6.07) is 5.35. The molecule has 7 heteroatoms. The van der Waals surface area contributed by atoms with Gasteiger partial charge in [-0.2, -0.15) is 0 Å². The summed E-state index contributed by atoms with van der Waals surface area (Å²) in [5, 5.41) is 3.60. The average Bonchev–Trinajstić information content (AvgIpc) is 3.07. The molecule has 3 amide bonds. The highest BCUT2D eigenvalue weighted by Crippen LogP contribution is 2.35. The molecule has 118 valence electrons. The van der Waals surface area contributed by atoms with E-state index in [1.165, 1.54) is 0 Å². The molecule has 2 aliphatic heterocycles. The van der Waals surface area contributed by atoms with Crippen molar-refractivity contribution in [2.75, 3.05) is 25.0 Å². The molecule has 1 N–H and O–H groups in total. The summed E-state index contributed by atoms with van der Waals surface area (Å²) >= 11 is 9.51. The molecule has 0 aliphatic carbocycles. The third kappa shape index (κ3) is 2.70. The molecule has 2 aliphatic rings. The summed E-state index contributed by atoms with van der Waals surface area (Å²) in [7, 11) is 1.73. The number of urea groups is 1. The molecule has 1 atom stereocenters. The van der Waals surface area contributed by atoms with Crippen LogP contribution in [0.4, 0.5) is 10.5 Å². The van der Waals surface area contributed by atoms with Crippen LogP contribution in [-0.4, -0.2) is 42.5 Å². The Balaban J connectivity index is 1.74. The van der Waals surface area contributed by atoms with Crippen LogP contribution in [0.2, 0.25) is 5.02 Å². The van der Waals surface area contributed by atoms with Gasteiger partial charge in [0.1, 0.15) is 0 Å².